The fraction of sp³-hybridized carbons (Fsp3) is 0.179. The molecule has 45 heavy (non-hydrogen) atoms. The van der Waals surface area contributed by atoms with Gasteiger partial charge in [-0.15, -0.1) is 0 Å². The molecule has 0 aliphatic rings. The molecule has 0 unspecified atom stereocenters. The van der Waals surface area contributed by atoms with E-state index in [0.29, 0.717) is 17.3 Å². The molecule has 0 spiro atoms. The van der Waals surface area contributed by atoms with Gasteiger partial charge in [0.1, 0.15) is 23.1 Å². The first-order chi connectivity index (χ1) is 21.6. The van der Waals surface area contributed by atoms with Crippen molar-refractivity contribution in [2.45, 2.75) is 48.5 Å². The normalized spacial score (nSPS) is 11.6. The summed E-state index contributed by atoms with van der Waals surface area (Å²) in [4.78, 5) is 4.48. The van der Waals surface area contributed by atoms with Crippen LogP contribution in [0.5, 0.6) is 11.5 Å². The van der Waals surface area contributed by atoms with Crippen LogP contribution in [0.4, 0.5) is 4.39 Å². The Hall–Kier alpha value is -5.23. The summed E-state index contributed by atoms with van der Waals surface area (Å²) in [5.74, 6) is 1.55. The maximum atomic E-state index is 14.3. The third kappa shape index (κ3) is 4.60. The molecule has 0 bridgehead atoms. The number of nitrogens with zero attached hydrogens (tertiary/aromatic N) is 4. The zero-order chi connectivity index (χ0) is 31.6. The SMILES string of the molecule is Cc1nn(-c2cccc(Oc3ccc4c5ccccc5n(-c5cc(F)ccn5)c4c3)c2)c(C)c1-c1c(C)c(C)c(C)c(C)c1C. The molecule has 0 N–H and O–H groups in total. The average molecular weight is 595 g/mol. The number of rotatable bonds is 5. The van der Waals surface area contributed by atoms with Crippen LogP contribution in [-0.4, -0.2) is 19.3 Å². The van der Waals surface area contributed by atoms with Gasteiger partial charge in [-0.25, -0.2) is 14.1 Å². The van der Waals surface area contributed by atoms with Crippen molar-refractivity contribution in [3.05, 3.63) is 130 Å². The van der Waals surface area contributed by atoms with E-state index in [0.717, 1.165) is 38.9 Å². The molecule has 0 radical (unpaired) electrons. The smallest absolute Gasteiger partial charge is 0.140 e. The van der Waals surface area contributed by atoms with Crippen LogP contribution in [0.1, 0.15) is 39.2 Å². The van der Waals surface area contributed by atoms with Gasteiger partial charge in [0.25, 0.3) is 0 Å². The topological polar surface area (TPSA) is 44.9 Å². The fourth-order valence-corrected chi connectivity index (χ4v) is 6.72. The maximum absolute atomic E-state index is 14.3. The average Bonchev–Trinajstić information content (AvgIpc) is 3.52. The number of hydrogen-bond donors (Lipinski definition) is 0. The zero-order valence-corrected chi connectivity index (χ0v) is 26.7. The summed E-state index contributed by atoms with van der Waals surface area (Å²) in [6, 6.07) is 24.9. The lowest BCUT2D eigenvalue weighted by Gasteiger charge is -2.19. The van der Waals surface area contributed by atoms with Crippen LogP contribution in [0.2, 0.25) is 0 Å². The molecule has 0 aliphatic carbocycles. The summed E-state index contributed by atoms with van der Waals surface area (Å²) in [5.41, 5.74) is 13.9. The largest absolute Gasteiger partial charge is 0.457 e. The van der Waals surface area contributed by atoms with Crippen molar-refractivity contribution < 1.29 is 9.13 Å². The molecular formula is C39H35FN4O. The Bertz CT molecular complexity index is 2260. The molecule has 0 fully saturated rings. The van der Waals surface area contributed by atoms with Gasteiger partial charge < -0.3 is 4.74 Å². The van der Waals surface area contributed by atoms with Gasteiger partial charge in [0.15, 0.2) is 0 Å². The lowest BCUT2D eigenvalue weighted by molar-refractivity contribution is 0.482. The number of halogens is 1. The van der Waals surface area contributed by atoms with Crippen molar-refractivity contribution in [3.63, 3.8) is 0 Å². The number of para-hydroxylation sites is 1. The highest BCUT2D eigenvalue weighted by Gasteiger charge is 2.22. The van der Waals surface area contributed by atoms with E-state index in [-0.39, 0.29) is 5.82 Å². The molecule has 3 heterocycles. The number of aryl methyl sites for hydroxylation is 1. The van der Waals surface area contributed by atoms with Crippen molar-refractivity contribution in [2.24, 2.45) is 0 Å². The van der Waals surface area contributed by atoms with Crippen LogP contribution >= 0.6 is 0 Å². The van der Waals surface area contributed by atoms with Crippen LogP contribution < -0.4 is 4.74 Å². The van der Waals surface area contributed by atoms with Gasteiger partial charge in [0.2, 0.25) is 0 Å². The molecule has 0 saturated heterocycles. The van der Waals surface area contributed by atoms with Gasteiger partial charge in [0, 0.05) is 46.4 Å². The van der Waals surface area contributed by atoms with Crippen LogP contribution in [-0.2, 0) is 0 Å². The minimum Gasteiger partial charge on any atom is -0.457 e. The van der Waals surface area contributed by atoms with Gasteiger partial charge in [-0.3, -0.25) is 4.57 Å². The highest BCUT2D eigenvalue weighted by atomic mass is 19.1. The van der Waals surface area contributed by atoms with Gasteiger partial charge in [-0.1, -0.05) is 24.3 Å². The Morgan fingerprint density at radius 1 is 0.622 bits per heavy atom. The number of hydrogen-bond acceptors (Lipinski definition) is 3. The highest BCUT2D eigenvalue weighted by Crippen LogP contribution is 2.39. The van der Waals surface area contributed by atoms with Crippen LogP contribution in [0.15, 0.2) is 85.1 Å². The standard InChI is InChI=1S/C39H35FN4O/c1-22-23(2)25(4)38(26(5)24(22)3)39-27(6)42-44(28(39)7)30-11-10-12-31(20-30)45-32-15-16-34-33-13-8-9-14-35(33)43(36(34)21-32)37-19-29(40)17-18-41-37/h8-21H,1-7H3. The molecule has 224 valence electrons. The monoisotopic (exact) mass is 594 g/mol. The number of ether oxygens (including phenoxy) is 1. The van der Waals surface area contributed by atoms with E-state index in [1.165, 1.54) is 57.3 Å². The Morgan fingerprint density at radius 2 is 1.31 bits per heavy atom. The number of fused-ring (bicyclic) bond motifs is 3. The zero-order valence-electron chi connectivity index (χ0n) is 26.7. The molecule has 0 amide bonds. The van der Waals surface area contributed by atoms with E-state index in [9.17, 15) is 4.39 Å². The van der Waals surface area contributed by atoms with Crippen molar-refractivity contribution in [3.8, 4) is 34.1 Å². The van der Waals surface area contributed by atoms with Crippen molar-refractivity contribution in [1.82, 2.24) is 19.3 Å². The number of benzene rings is 4. The number of aromatic nitrogens is 4. The van der Waals surface area contributed by atoms with E-state index in [4.69, 9.17) is 9.84 Å². The molecule has 0 atom stereocenters. The molecule has 6 heteroatoms. The van der Waals surface area contributed by atoms with Gasteiger partial charge >= 0.3 is 0 Å². The maximum Gasteiger partial charge on any atom is 0.140 e. The Kier molecular flexibility index (Phi) is 6.81. The molecule has 0 aliphatic heterocycles. The van der Waals surface area contributed by atoms with Gasteiger partial charge in [-0.2, -0.15) is 5.10 Å². The van der Waals surface area contributed by atoms with E-state index >= 15 is 0 Å². The van der Waals surface area contributed by atoms with E-state index < -0.39 is 0 Å². The first-order valence-corrected chi connectivity index (χ1v) is 15.2. The molecular weight excluding hydrogens is 559 g/mol. The molecule has 4 aromatic carbocycles. The first-order valence-electron chi connectivity index (χ1n) is 15.2. The van der Waals surface area contributed by atoms with Crippen LogP contribution in [0.25, 0.3) is 44.4 Å². The van der Waals surface area contributed by atoms with Gasteiger partial charge in [0.05, 0.1) is 22.4 Å². The summed E-state index contributed by atoms with van der Waals surface area (Å²) in [5, 5.41) is 7.11. The minimum absolute atomic E-state index is 0.333. The van der Waals surface area contributed by atoms with Crippen LogP contribution in [0, 0.1) is 54.3 Å². The quantitative estimate of drug-likeness (QED) is 0.199. The summed E-state index contributed by atoms with van der Waals surface area (Å²) < 4.78 is 24.7. The number of pyridine rings is 1. The van der Waals surface area contributed by atoms with E-state index in [2.05, 4.69) is 71.6 Å². The predicted molar refractivity (Wildman–Crippen MR) is 181 cm³/mol. The first kappa shape index (κ1) is 28.5. The second-order valence-corrected chi connectivity index (χ2v) is 11.9. The van der Waals surface area contributed by atoms with E-state index in [1.807, 2.05) is 57.8 Å². The summed E-state index contributed by atoms with van der Waals surface area (Å²) >= 11 is 0. The summed E-state index contributed by atoms with van der Waals surface area (Å²) in [6.45, 7) is 15.3. The highest BCUT2D eigenvalue weighted by molar-refractivity contribution is 6.09. The lowest BCUT2D eigenvalue weighted by Crippen LogP contribution is -2.02. The molecule has 3 aromatic heterocycles. The summed E-state index contributed by atoms with van der Waals surface area (Å²) in [7, 11) is 0. The van der Waals surface area contributed by atoms with Crippen molar-refractivity contribution in [2.75, 3.05) is 0 Å². The Morgan fingerprint density at radius 3 is 2.07 bits per heavy atom. The summed E-state index contributed by atoms with van der Waals surface area (Å²) in [6.07, 6.45) is 1.49. The Balaban J connectivity index is 1.29. The van der Waals surface area contributed by atoms with Crippen LogP contribution in [0.3, 0.4) is 0 Å². The lowest BCUT2D eigenvalue weighted by atomic mass is 9.85. The Labute approximate surface area is 262 Å². The minimum atomic E-state index is -0.333. The predicted octanol–water partition coefficient (Wildman–Crippen LogP) is 10.1. The van der Waals surface area contributed by atoms with E-state index in [1.54, 1.807) is 0 Å². The molecule has 5 nitrogen and oxygen atoms in total. The second kappa shape index (κ2) is 10.7. The third-order valence-corrected chi connectivity index (χ3v) is 9.42. The molecule has 7 rings (SSSR count). The fourth-order valence-electron chi connectivity index (χ4n) is 6.72. The van der Waals surface area contributed by atoms with Crippen molar-refractivity contribution in [1.29, 1.82) is 0 Å². The molecule has 7 aromatic rings. The van der Waals surface area contributed by atoms with Gasteiger partial charge in [-0.05, 0) is 118 Å². The molecule has 0 saturated carbocycles. The second-order valence-electron chi connectivity index (χ2n) is 11.9. The third-order valence-electron chi connectivity index (χ3n) is 9.42. The van der Waals surface area contributed by atoms with Crippen molar-refractivity contribution >= 4 is 21.8 Å².